The molecular weight excluding hydrogens is 106 g/mol. The van der Waals surface area contributed by atoms with Crippen LogP contribution in [-0.2, 0) is 9.53 Å². The molecule has 3 nitrogen and oxygen atoms in total. The molecule has 0 spiro atoms. The van der Waals surface area contributed by atoms with E-state index >= 15 is 0 Å². The van der Waals surface area contributed by atoms with Gasteiger partial charge in [0, 0.05) is 13.0 Å². The molecule has 0 saturated heterocycles. The van der Waals surface area contributed by atoms with Gasteiger partial charge >= 0.3 is 5.97 Å². The first-order valence-corrected chi connectivity index (χ1v) is 2.52. The predicted molar refractivity (Wildman–Crippen MR) is 30.3 cm³/mol. The van der Waals surface area contributed by atoms with Crippen molar-refractivity contribution in [1.82, 2.24) is 0 Å². The highest BCUT2D eigenvalue weighted by atomic mass is 16.5. The molecule has 0 aliphatic carbocycles. The second-order valence-electron chi connectivity index (χ2n) is 1.78. The van der Waals surface area contributed by atoms with Gasteiger partial charge < -0.3 is 10.5 Å². The normalized spacial score (nSPS) is 12.9. The molecule has 0 rings (SSSR count). The fourth-order valence-corrected chi connectivity index (χ4v) is 0.249. The van der Waals surface area contributed by atoms with Crippen molar-refractivity contribution in [2.75, 3.05) is 6.61 Å². The topological polar surface area (TPSA) is 52.3 Å². The van der Waals surface area contributed by atoms with E-state index in [0.29, 0.717) is 6.61 Å². The number of esters is 1. The molecule has 0 aliphatic heterocycles. The van der Waals surface area contributed by atoms with E-state index in [2.05, 4.69) is 4.74 Å². The largest absolute Gasteiger partial charge is 0.464 e. The number of nitrogens with two attached hydrogens (primary N) is 1. The zero-order chi connectivity index (χ0) is 6.57. The molecule has 0 amide bonds. The second-order valence-corrected chi connectivity index (χ2v) is 1.78. The Labute approximate surface area is 48.8 Å². The van der Waals surface area contributed by atoms with Crippen LogP contribution in [0.4, 0.5) is 0 Å². The predicted octanol–water partition coefficient (Wildman–Crippen LogP) is -0.103. The molecule has 8 heavy (non-hydrogen) atoms. The molecule has 2 N–H and O–H groups in total. The Hall–Kier alpha value is -0.570. The summed E-state index contributed by atoms with van der Waals surface area (Å²) in [4.78, 5) is 10.1. The van der Waals surface area contributed by atoms with Crippen LogP contribution in [0.5, 0.6) is 0 Å². The number of carbonyl (C=O) groups excluding carboxylic acids is 1. The van der Waals surface area contributed by atoms with Gasteiger partial charge in [0.25, 0.3) is 0 Å². The quantitative estimate of drug-likeness (QED) is 0.514. The van der Waals surface area contributed by atoms with Crippen LogP contribution in [-0.4, -0.2) is 18.6 Å². The number of carbonyl (C=O) groups is 1. The van der Waals surface area contributed by atoms with Gasteiger partial charge in [-0.25, -0.2) is 0 Å². The van der Waals surface area contributed by atoms with Crippen LogP contribution in [0.1, 0.15) is 13.8 Å². The maximum Gasteiger partial charge on any atom is 0.302 e. The standard InChI is InChI=1S/C5H11NO2/c1-4(6)3-8-5(2)7/h4H,3,6H2,1-2H3/t4-/m1/s1. The Morgan fingerprint density at radius 2 is 2.38 bits per heavy atom. The van der Waals surface area contributed by atoms with Gasteiger partial charge in [-0.2, -0.15) is 0 Å². The van der Waals surface area contributed by atoms with Gasteiger partial charge in [0.1, 0.15) is 6.61 Å². The summed E-state index contributed by atoms with van der Waals surface area (Å²) in [6.07, 6.45) is 0. The first-order valence-electron chi connectivity index (χ1n) is 2.52. The molecule has 0 radical (unpaired) electrons. The third-order valence-electron chi connectivity index (χ3n) is 0.549. The molecule has 0 aromatic carbocycles. The number of rotatable bonds is 2. The Morgan fingerprint density at radius 1 is 1.88 bits per heavy atom. The van der Waals surface area contributed by atoms with Crippen molar-refractivity contribution in [3.05, 3.63) is 0 Å². The van der Waals surface area contributed by atoms with E-state index in [1.807, 2.05) is 0 Å². The number of hydrogen-bond donors (Lipinski definition) is 1. The molecule has 0 saturated carbocycles. The van der Waals surface area contributed by atoms with Crippen molar-refractivity contribution in [3.63, 3.8) is 0 Å². The van der Waals surface area contributed by atoms with Crippen LogP contribution in [0, 0.1) is 0 Å². The first-order chi connectivity index (χ1) is 3.63. The zero-order valence-electron chi connectivity index (χ0n) is 5.18. The van der Waals surface area contributed by atoms with Gasteiger partial charge in [-0.3, -0.25) is 4.79 Å². The summed E-state index contributed by atoms with van der Waals surface area (Å²) in [6.45, 7) is 3.46. The zero-order valence-corrected chi connectivity index (χ0v) is 5.18. The van der Waals surface area contributed by atoms with Crippen LogP contribution < -0.4 is 5.73 Å². The maximum absolute atomic E-state index is 10.1. The summed E-state index contributed by atoms with van der Waals surface area (Å²) in [6, 6.07) is -0.0566. The minimum absolute atomic E-state index is 0.0566. The molecule has 0 fully saturated rings. The lowest BCUT2D eigenvalue weighted by molar-refractivity contribution is -0.141. The summed E-state index contributed by atoms with van der Waals surface area (Å²) in [5.74, 6) is -0.276. The molecule has 0 unspecified atom stereocenters. The van der Waals surface area contributed by atoms with Crippen molar-refractivity contribution < 1.29 is 9.53 Å². The molecule has 3 heteroatoms. The molecular formula is C5H11NO2. The monoisotopic (exact) mass is 117 g/mol. The van der Waals surface area contributed by atoms with E-state index in [1.165, 1.54) is 6.92 Å². The van der Waals surface area contributed by atoms with Crippen molar-refractivity contribution in [3.8, 4) is 0 Å². The van der Waals surface area contributed by atoms with E-state index in [-0.39, 0.29) is 12.0 Å². The van der Waals surface area contributed by atoms with Crippen LogP contribution in [0.2, 0.25) is 0 Å². The third kappa shape index (κ3) is 5.43. The molecule has 0 aromatic rings. The molecule has 48 valence electrons. The highest BCUT2D eigenvalue weighted by Gasteiger charge is 1.94. The average molecular weight is 117 g/mol. The first kappa shape index (κ1) is 7.43. The molecule has 0 bridgehead atoms. The Morgan fingerprint density at radius 3 is 2.50 bits per heavy atom. The SMILES string of the molecule is CC(=O)OC[C@@H](C)N. The Bertz CT molecular complexity index is 80.5. The Kier molecular flexibility index (Phi) is 3.19. The van der Waals surface area contributed by atoms with Crippen molar-refractivity contribution in [1.29, 1.82) is 0 Å². The maximum atomic E-state index is 10.1. The minimum Gasteiger partial charge on any atom is -0.464 e. The van der Waals surface area contributed by atoms with E-state index < -0.39 is 0 Å². The minimum atomic E-state index is -0.276. The molecule has 1 atom stereocenters. The average Bonchev–Trinajstić information content (AvgIpc) is 1.61. The lowest BCUT2D eigenvalue weighted by atomic mass is 10.4. The van der Waals surface area contributed by atoms with Gasteiger partial charge in [0.05, 0.1) is 0 Å². The second kappa shape index (κ2) is 3.43. The van der Waals surface area contributed by atoms with E-state index in [4.69, 9.17) is 5.73 Å². The molecule has 0 heterocycles. The summed E-state index contributed by atoms with van der Waals surface area (Å²) in [5.41, 5.74) is 5.26. The van der Waals surface area contributed by atoms with Crippen LogP contribution in [0.3, 0.4) is 0 Å². The van der Waals surface area contributed by atoms with E-state index in [1.54, 1.807) is 6.92 Å². The fraction of sp³-hybridized carbons (Fsp3) is 0.800. The van der Waals surface area contributed by atoms with Gasteiger partial charge in [0.15, 0.2) is 0 Å². The van der Waals surface area contributed by atoms with Crippen molar-refractivity contribution >= 4 is 5.97 Å². The summed E-state index contributed by atoms with van der Waals surface area (Å²) < 4.78 is 4.54. The smallest absolute Gasteiger partial charge is 0.302 e. The van der Waals surface area contributed by atoms with Crippen molar-refractivity contribution in [2.45, 2.75) is 19.9 Å². The summed E-state index contributed by atoms with van der Waals surface area (Å²) in [7, 11) is 0. The lowest BCUT2D eigenvalue weighted by Crippen LogP contribution is -2.23. The third-order valence-corrected chi connectivity index (χ3v) is 0.549. The molecule has 0 aliphatic rings. The lowest BCUT2D eigenvalue weighted by Gasteiger charge is -2.02. The van der Waals surface area contributed by atoms with Gasteiger partial charge in [-0.05, 0) is 6.92 Å². The highest BCUT2D eigenvalue weighted by Crippen LogP contribution is 1.78. The van der Waals surface area contributed by atoms with Crippen LogP contribution in [0.25, 0.3) is 0 Å². The van der Waals surface area contributed by atoms with Gasteiger partial charge in [0.2, 0.25) is 0 Å². The van der Waals surface area contributed by atoms with Gasteiger partial charge in [-0.1, -0.05) is 0 Å². The highest BCUT2D eigenvalue weighted by molar-refractivity contribution is 5.65. The van der Waals surface area contributed by atoms with Crippen LogP contribution >= 0.6 is 0 Å². The van der Waals surface area contributed by atoms with Gasteiger partial charge in [-0.15, -0.1) is 0 Å². The van der Waals surface area contributed by atoms with Crippen LogP contribution in [0.15, 0.2) is 0 Å². The summed E-state index contributed by atoms with van der Waals surface area (Å²) in [5, 5.41) is 0. The van der Waals surface area contributed by atoms with Crippen molar-refractivity contribution in [2.24, 2.45) is 5.73 Å². The Balaban J connectivity index is 3.05. The van der Waals surface area contributed by atoms with E-state index in [9.17, 15) is 4.79 Å². The number of hydrogen-bond acceptors (Lipinski definition) is 3. The summed E-state index contributed by atoms with van der Waals surface area (Å²) >= 11 is 0. The number of ether oxygens (including phenoxy) is 1. The molecule has 0 aromatic heterocycles. The fourth-order valence-electron chi connectivity index (χ4n) is 0.249. The van der Waals surface area contributed by atoms with E-state index in [0.717, 1.165) is 0 Å².